The molecule has 1 aromatic carbocycles. The van der Waals surface area contributed by atoms with E-state index in [2.05, 4.69) is 5.32 Å². The van der Waals surface area contributed by atoms with Gasteiger partial charge < -0.3 is 16.2 Å². The van der Waals surface area contributed by atoms with Crippen LogP contribution in [0.2, 0.25) is 0 Å². The number of aliphatic hydroxyl groups excluding tert-OH is 1. The first kappa shape index (κ1) is 15.6. The van der Waals surface area contributed by atoms with E-state index in [9.17, 15) is 18.3 Å². The highest BCUT2D eigenvalue weighted by atomic mass is 32.2. The Morgan fingerprint density at radius 2 is 1.89 bits per heavy atom. The normalized spacial score (nSPS) is 14.9. The Balaban J connectivity index is 2.68. The lowest BCUT2D eigenvalue weighted by Gasteiger charge is -2.15. The lowest BCUT2D eigenvalue weighted by molar-refractivity contribution is -0.119. The van der Waals surface area contributed by atoms with Gasteiger partial charge in [0, 0.05) is 12.8 Å². The molecule has 0 aliphatic carbocycles. The van der Waals surface area contributed by atoms with Crippen LogP contribution in [-0.2, 0) is 14.6 Å². The third-order valence-electron chi connectivity index (χ3n) is 2.74. The number of nitrogens with one attached hydrogen (secondary N) is 1. The maximum absolute atomic E-state index is 11.3. The van der Waals surface area contributed by atoms with Crippen molar-refractivity contribution in [3.05, 3.63) is 29.8 Å². The Kier molecular flexibility index (Phi) is 5.04. The van der Waals surface area contributed by atoms with Gasteiger partial charge in [0.2, 0.25) is 5.91 Å². The van der Waals surface area contributed by atoms with Crippen LogP contribution in [0.4, 0.5) is 0 Å². The van der Waals surface area contributed by atoms with E-state index in [1.54, 1.807) is 6.92 Å². The molecular formula is C12H18N2O4S. The van der Waals surface area contributed by atoms with Crippen LogP contribution in [0.15, 0.2) is 29.2 Å². The van der Waals surface area contributed by atoms with Crippen molar-refractivity contribution >= 4 is 15.7 Å². The molecule has 4 N–H and O–H groups in total. The van der Waals surface area contributed by atoms with Gasteiger partial charge in [0.25, 0.3) is 0 Å². The molecule has 2 unspecified atom stereocenters. The Morgan fingerprint density at radius 1 is 1.37 bits per heavy atom. The monoisotopic (exact) mass is 286 g/mol. The van der Waals surface area contributed by atoms with E-state index in [1.165, 1.54) is 24.3 Å². The highest BCUT2D eigenvalue weighted by Gasteiger charge is 2.13. The van der Waals surface area contributed by atoms with Crippen molar-refractivity contribution in [3.8, 4) is 0 Å². The van der Waals surface area contributed by atoms with E-state index >= 15 is 0 Å². The molecule has 1 rings (SSSR count). The molecule has 106 valence electrons. The SMILES string of the molecule is CC(NCC(O)c1ccc(S(C)(=O)=O)cc1)C(N)=O. The molecule has 7 heteroatoms. The van der Waals surface area contributed by atoms with Gasteiger partial charge in [-0.1, -0.05) is 12.1 Å². The van der Waals surface area contributed by atoms with Crippen LogP contribution in [0.5, 0.6) is 0 Å². The molecule has 19 heavy (non-hydrogen) atoms. The molecular weight excluding hydrogens is 268 g/mol. The molecule has 1 aromatic rings. The molecule has 0 heterocycles. The van der Waals surface area contributed by atoms with Crippen LogP contribution in [0, 0.1) is 0 Å². The molecule has 0 aliphatic rings. The second kappa shape index (κ2) is 6.14. The number of benzene rings is 1. The molecule has 2 atom stereocenters. The van der Waals surface area contributed by atoms with Crippen LogP contribution in [0.1, 0.15) is 18.6 Å². The largest absolute Gasteiger partial charge is 0.387 e. The summed E-state index contributed by atoms with van der Waals surface area (Å²) in [4.78, 5) is 11.0. The fourth-order valence-corrected chi connectivity index (χ4v) is 2.07. The number of sulfone groups is 1. The van der Waals surface area contributed by atoms with Crippen LogP contribution >= 0.6 is 0 Å². The average Bonchev–Trinajstić information content (AvgIpc) is 2.34. The summed E-state index contributed by atoms with van der Waals surface area (Å²) in [6, 6.07) is 5.41. The number of primary amides is 1. The van der Waals surface area contributed by atoms with Gasteiger partial charge in [-0.2, -0.15) is 0 Å². The van der Waals surface area contributed by atoms with Crippen molar-refractivity contribution in [2.24, 2.45) is 5.73 Å². The van der Waals surface area contributed by atoms with Crippen molar-refractivity contribution in [2.45, 2.75) is 24.0 Å². The summed E-state index contributed by atoms with van der Waals surface area (Å²) >= 11 is 0. The number of carbonyl (C=O) groups excluding carboxylic acids is 1. The van der Waals surface area contributed by atoms with Gasteiger partial charge in [0.05, 0.1) is 17.0 Å². The maximum Gasteiger partial charge on any atom is 0.234 e. The zero-order valence-corrected chi connectivity index (χ0v) is 11.6. The average molecular weight is 286 g/mol. The lowest BCUT2D eigenvalue weighted by Crippen LogP contribution is -2.40. The lowest BCUT2D eigenvalue weighted by atomic mass is 10.1. The van der Waals surface area contributed by atoms with Gasteiger partial charge in [-0.05, 0) is 24.6 Å². The molecule has 0 aliphatic heterocycles. The van der Waals surface area contributed by atoms with E-state index < -0.39 is 27.9 Å². The summed E-state index contributed by atoms with van der Waals surface area (Å²) in [5, 5.41) is 12.7. The molecule has 0 spiro atoms. The fourth-order valence-electron chi connectivity index (χ4n) is 1.44. The Morgan fingerprint density at radius 3 is 2.32 bits per heavy atom. The fraction of sp³-hybridized carbons (Fsp3) is 0.417. The van der Waals surface area contributed by atoms with Crippen LogP contribution in [0.25, 0.3) is 0 Å². The topological polar surface area (TPSA) is 109 Å². The number of amides is 1. The molecule has 0 saturated carbocycles. The summed E-state index contributed by atoms with van der Waals surface area (Å²) < 4.78 is 22.6. The molecule has 0 bridgehead atoms. The minimum atomic E-state index is -3.24. The molecule has 0 fully saturated rings. The quantitative estimate of drug-likeness (QED) is 0.658. The Hall–Kier alpha value is -1.44. The maximum atomic E-state index is 11.3. The second-order valence-corrected chi connectivity index (χ2v) is 6.41. The highest BCUT2D eigenvalue weighted by molar-refractivity contribution is 7.90. The smallest absolute Gasteiger partial charge is 0.234 e. The minimum Gasteiger partial charge on any atom is -0.387 e. The molecule has 1 amide bonds. The van der Waals surface area contributed by atoms with Crippen LogP contribution in [0.3, 0.4) is 0 Å². The van der Waals surface area contributed by atoms with Gasteiger partial charge in [0.1, 0.15) is 0 Å². The van der Waals surface area contributed by atoms with Gasteiger partial charge in [0.15, 0.2) is 9.84 Å². The van der Waals surface area contributed by atoms with Crippen molar-refractivity contribution in [2.75, 3.05) is 12.8 Å². The minimum absolute atomic E-state index is 0.155. The van der Waals surface area contributed by atoms with Crippen molar-refractivity contribution < 1.29 is 18.3 Å². The summed E-state index contributed by atoms with van der Waals surface area (Å²) in [6.45, 7) is 1.75. The van der Waals surface area contributed by atoms with Crippen LogP contribution < -0.4 is 11.1 Å². The van der Waals surface area contributed by atoms with E-state index in [0.717, 1.165) is 6.26 Å². The number of aliphatic hydroxyl groups is 1. The van der Waals surface area contributed by atoms with E-state index in [1.807, 2.05) is 0 Å². The second-order valence-electron chi connectivity index (χ2n) is 4.39. The first-order valence-electron chi connectivity index (χ1n) is 5.72. The van der Waals surface area contributed by atoms with Crippen molar-refractivity contribution in [1.82, 2.24) is 5.32 Å². The van der Waals surface area contributed by atoms with E-state index in [0.29, 0.717) is 5.56 Å². The summed E-state index contributed by atoms with van der Waals surface area (Å²) in [7, 11) is -3.24. The molecule has 0 radical (unpaired) electrons. The number of hydrogen-bond acceptors (Lipinski definition) is 5. The third kappa shape index (κ3) is 4.62. The zero-order chi connectivity index (χ0) is 14.6. The highest BCUT2D eigenvalue weighted by Crippen LogP contribution is 2.16. The number of hydrogen-bond donors (Lipinski definition) is 3. The Bertz CT molecular complexity index is 539. The standard InChI is InChI=1S/C12H18N2O4S/c1-8(12(13)16)14-7-11(15)9-3-5-10(6-4-9)19(2,17)18/h3-6,8,11,14-15H,7H2,1-2H3,(H2,13,16). The number of carbonyl (C=O) groups is 1. The number of nitrogens with two attached hydrogens (primary N) is 1. The summed E-state index contributed by atoms with van der Waals surface area (Å²) in [5.74, 6) is -0.500. The molecule has 0 saturated heterocycles. The van der Waals surface area contributed by atoms with E-state index in [-0.39, 0.29) is 11.4 Å². The van der Waals surface area contributed by atoms with Crippen LogP contribution in [-0.4, -0.2) is 38.3 Å². The molecule has 6 nitrogen and oxygen atoms in total. The summed E-state index contributed by atoms with van der Waals surface area (Å²) in [6.07, 6.45) is 0.282. The third-order valence-corrected chi connectivity index (χ3v) is 3.87. The molecule has 0 aromatic heterocycles. The van der Waals surface area contributed by atoms with Gasteiger partial charge in [-0.25, -0.2) is 8.42 Å². The van der Waals surface area contributed by atoms with Crippen molar-refractivity contribution in [3.63, 3.8) is 0 Å². The van der Waals surface area contributed by atoms with Gasteiger partial charge >= 0.3 is 0 Å². The predicted octanol–water partition coefficient (Wildman–Crippen LogP) is -0.413. The van der Waals surface area contributed by atoms with Gasteiger partial charge in [-0.15, -0.1) is 0 Å². The number of rotatable bonds is 6. The first-order valence-corrected chi connectivity index (χ1v) is 7.61. The van der Waals surface area contributed by atoms with E-state index in [4.69, 9.17) is 5.73 Å². The predicted molar refractivity (Wildman–Crippen MR) is 71.2 cm³/mol. The van der Waals surface area contributed by atoms with Gasteiger partial charge in [-0.3, -0.25) is 4.79 Å². The Labute approximate surface area is 112 Å². The summed E-state index contributed by atoms with van der Waals surface area (Å²) in [5.41, 5.74) is 5.65. The first-order chi connectivity index (χ1) is 8.71. The van der Waals surface area contributed by atoms with Crippen molar-refractivity contribution in [1.29, 1.82) is 0 Å². The zero-order valence-electron chi connectivity index (χ0n) is 10.8.